The molecule has 1 amide bonds. The predicted molar refractivity (Wildman–Crippen MR) is 107 cm³/mol. The Morgan fingerprint density at radius 3 is 2.72 bits per heavy atom. The molecular formula is C17H15ClNO3S3-. The van der Waals surface area contributed by atoms with E-state index < -0.39 is 17.9 Å². The number of carbonyl (C=O) groups is 2. The second kappa shape index (κ2) is 9.43. The molecule has 1 aliphatic rings. The van der Waals surface area contributed by atoms with Crippen LogP contribution in [0, 0.1) is 0 Å². The van der Waals surface area contributed by atoms with Crippen LogP contribution in [0.4, 0.5) is 0 Å². The summed E-state index contributed by atoms with van der Waals surface area (Å²) < 4.78 is 0.204. The van der Waals surface area contributed by atoms with Gasteiger partial charge < -0.3 is 9.90 Å². The van der Waals surface area contributed by atoms with Gasteiger partial charge in [0.1, 0.15) is 4.32 Å². The van der Waals surface area contributed by atoms with Crippen molar-refractivity contribution in [1.82, 2.24) is 4.90 Å². The Morgan fingerprint density at radius 2 is 2.12 bits per heavy atom. The molecule has 0 N–H and O–H groups in total. The zero-order chi connectivity index (χ0) is 18.4. The lowest BCUT2D eigenvalue weighted by Gasteiger charge is -2.27. The van der Waals surface area contributed by atoms with Crippen molar-refractivity contribution in [2.24, 2.45) is 0 Å². The van der Waals surface area contributed by atoms with Crippen molar-refractivity contribution < 1.29 is 14.7 Å². The molecule has 0 unspecified atom stereocenters. The number of thioether (sulfide) groups is 2. The Bertz CT molecular complexity index is 734. The number of carboxylic acids is 1. The number of aliphatic carboxylic acids is 1. The van der Waals surface area contributed by atoms with Crippen LogP contribution in [-0.2, 0) is 9.59 Å². The Balaban J connectivity index is 2.22. The molecule has 8 heteroatoms. The van der Waals surface area contributed by atoms with E-state index in [1.807, 2.05) is 36.6 Å². The van der Waals surface area contributed by atoms with Crippen molar-refractivity contribution in [3.63, 3.8) is 0 Å². The maximum absolute atomic E-state index is 12.6. The highest BCUT2D eigenvalue weighted by Gasteiger charge is 2.37. The largest absolute Gasteiger partial charge is 0.548 e. The first-order valence-corrected chi connectivity index (χ1v) is 10.3. The average Bonchev–Trinajstić information content (AvgIpc) is 2.83. The molecule has 1 aromatic carbocycles. The summed E-state index contributed by atoms with van der Waals surface area (Å²) in [5.74, 6) is -1.17. The number of nitrogens with zero attached hydrogens (tertiary/aromatic N) is 1. The highest BCUT2D eigenvalue weighted by Crippen LogP contribution is 2.34. The highest BCUT2D eigenvalue weighted by atomic mass is 35.5. The summed E-state index contributed by atoms with van der Waals surface area (Å²) in [4.78, 5) is 25.4. The fourth-order valence-electron chi connectivity index (χ4n) is 2.21. The van der Waals surface area contributed by atoms with Gasteiger partial charge in [-0.05, 0) is 36.1 Å². The Hall–Kier alpha value is -1.28. The molecule has 2 rings (SSSR count). The van der Waals surface area contributed by atoms with Crippen molar-refractivity contribution >= 4 is 69.6 Å². The van der Waals surface area contributed by atoms with Crippen LogP contribution < -0.4 is 5.11 Å². The van der Waals surface area contributed by atoms with E-state index in [0.29, 0.717) is 15.7 Å². The third kappa shape index (κ3) is 5.34. The lowest BCUT2D eigenvalue weighted by Crippen LogP contribution is -2.50. The molecule has 1 saturated heterocycles. The molecule has 1 aliphatic heterocycles. The number of rotatable bonds is 7. The molecule has 0 spiro atoms. The van der Waals surface area contributed by atoms with Gasteiger partial charge in [-0.25, -0.2) is 0 Å². The Morgan fingerprint density at radius 1 is 1.44 bits per heavy atom. The van der Waals surface area contributed by atoms with Gasteiger partial charge in [-0.2, -0.15) is 11.8 Å². The van der Waals surface area contributed by atoms with Crippen LogP contribution in [0.25, 0.3) is 6.08 Å². The highest BCUT2D eigenvalue weighted by molar-refractivity contribution is 8.26. The minimum absolute atomic E-state index is 0.204. The molecule has 1 fully saturated rings. The lowest BCUT2D eigenvalue weighted by atomic mass is 10.2. The second-order valence-electron chi connectivity index (χ2n) is 5.11. The number of thiocarbonyl (C=S) groups is 1. The maximum Gasteiger partial charge on any atom is 0.266 e. The molecule has 25 heavy (non-hydrogen) atoms. The predicted octanol–water partition coefficient (Wildman–Crippen LogP) is 2.88. The summed E-state index contributed by atoms with van der Waals surface area (Å²) in [5, 5.41) is 11.8. The number of carbonyl (C=O) groups excluding carboxylic acids is 2. The van der Waals surface area contributed by atoms with Crippen molar-refractivity contribution in [2.45, 2.75) is 12.5 Å². The first-order valence-electron chi connectivity index (χ1n) is 7.33. The number of allylic oxidation sites excluding steroid dienone is 2. The fraction of sp³-hybridized carbons (Fsp3) is 0.235. The van der Waals surface area contributed by atoms with E-state index in [-0.39, 0.29) is 10.7 Å². The first kappa shape index (κ1) is 20.0. The third-order valence-corrected chi connectivity index (χ3v) is 5.57. The summed E-state index contributed by atoms with van der Waals surface area (Å²) in [6.07, 6.45) is 5.37. The zero-order valence-corrected chi connectivity index (χ0v) is 16.5. The minimum atomic E-state index is -1.31. The SMILES string of the molecule is CSCC[C@H](C(=O)[O-])N1C(=O)C(=C/C(Cl)=C/c2ccccc2)SC1=S. The fourth-order valence-corrected chi connectivity index (χ4v) is 4.31. The van der Waals surface area contributed by atoms with Crippen LogP contribution in [0.1, 0.15) is 12.0 Å². The molecule has 4 nitrogen and oxygen atoms in total. The van der Waals surface area contributed by atoms with Gasteiger partial charge in [-0.3, -0.25) is 9.69 Å². The summed E-state index contributed by atoms with van der Waals surface area (Å²) in [5.41, 5.74) is 0.895. The van der Waals surface area contributed by atoms with E-state index in [9.17, 15) is 14.7 Å². The normalized spacial score (nSPS) is 18.1. The lowest BCUT2D eigenvalue weighted by molar-refractivity contribution is -0.310. The van der Waals surface area contributed by atoms with Crippen molar-refractivity contribution in [3.8, 4) is 0 Å². The van der Waals surface area contributed by atoms with Gasteiger partial charge in [-0.15, -0.1) is 0 Å². The molecule has 0 aromatic heterocycles. The number of benzene rings is 1. The topological polar surface area (TPSA) is 60.4 Å². The smallest absolute Gasteiger partial charge is 0.266 e. The van der Waals surface area contributed by atoms with Gasteiger partial charge >= 0.3 is 0 Å². The van der Waals surface area contributed by atoms with Crippen LogP contribution in [0.5, 0.6) is 0 Å². The van der Waals surface area contributed by atoms with E-state index in [1.54, 1.807) is 6.08 Å². The molecular weight excluding hydrogens is 398 g/mol. The number of hydrogen-bond acceptors (Lipinski definition) is 6. The third-order valence-electron chi connectivity index (χ3n) is 3.38. The molecule has 0 bridgehead atoms. The van der Waals surface area contributed by atoms with E-state index in [2.05, 4.69) is 0 Å². The van der Waals surface area contributed by atoms with E-state index in [0.717, 1.165) is 22.2 Å². The molecule has 1 atom stereocenters. The van der Waals surface area contributed by atoms with Crippen LogP contribution >= 0.6 is 47.3 Å². The van der Waals surface area contributed by atoms with Gasteiger partial charge in [-0.1, -0.05) is 65.9 Å². The summed E-state index contributed by atoms with van der Waals surface area (Å²) in [7, 11) is 0. The van der Waals surface area contributed by atoms with E-state index >= 15 is 0 Å². The molecule has 0 aliphatic carbocycles. The molecule has 0 radical (unpaired) electrons. The van der Waals surface area contributed by atoms with Crippen LogP contribution in [-0.4, -0.2) is 39.1 Å². The first-order chi connectivity index (χ1) is 11.9. The maximum atomic E-state index is 12.6. The van der Waals surface area contributed by atoms with Gasteiger partial charge in [0.2, 0.25) is 0 Å². The molecule has 1 aromatic rings. The van der Waals surface area contributed by atoms with Crippen LogP contribution in [0.2, 0.25) is 0 Å². The van der Waals surface area contributed by atoms with Crippen molar-refractivity contribution in [1.29, 1.82) is 0 Å². The summed E-state index contributed by atoms with van der Waals surface area (Å²) in [6.45, 7) is 0. The molecule has 0 saturated carbocycles. The van der Waals surface area contributed by atoms with Gasteiger partial charge in [0.15, 0.2) is 0 Å². The second-order valence-corrected chi connectivity index (χ2v) is 8.21. The Kier molecular flexibility index (Phi) is 7.56. The number of hydrogen-bond donors (Lipinski definition) is 0. The molecule has 1 heterocycles. The number of carboxylic acid groups (broad SMARTS) is 1. The van der Waals surface area contributed by atoms with Crippen molar-refractivity contribution in [2.75, 3.05) is 12.0 Å². The average molecular weight is 413 g/mol. The van der Waals surface area contributed by atoms with Crippen LogP contribution in [0.15, 0.2) is 46.3 Å². The van der Waals surface area contributed by atoms with Crippen molar-refractivity contribution in [3.05, 3.63) is 51.9 Å². The zero-order valence-electron chi connectivity index (χ0n) is 13.3. The minimum Gasteiger partial charge on any atom is -0.548 e. The summed E-state index contributed by atoms with van der Waals surface area (Å²) >= 11 is 13.9. The Labute approximate surface area is 165 Å². The molecule has 132 valence electrons. The standard InChI is InChI=1S/C17H16ClNO3S3/c1-24-8-7-13(16(21)22)19-15(20)14(25-17(19)23)10-12(18)9-11-5-3-2-4-6-11/h2-6,9-10,13H,7-8H2,1H3,(H,21,22)/p-1/b12-9-,14-10?/t13-/m1/s1. The van der Waals surface area contributed by atoms with E-state index in [1.165, 1.54) is 17.8 Å². The monoisotopic (exact) mass is 412 g/mol. The van der Waals surface area contributed by atoms with Gasteiger partial charge in [0, 0.05) is 5.03 Å². The number of amides is 1. The summed E-state index contributed by atoms with van der Waals surface area (Å²) in [6, 6.07) is 8.36. The quantitative estimate of drug-likeness (QED) is 0.507. The van der Waals surface area contributed by atoms with Crippen LogP contribution in [0.3, 0.4) is 0 Å². The van der Waals surface area contributed by atoms with Gasteiger partial charge in [0.25, 0.3) is 5.91 Å². The van der Waals surface area contributed by atoms with E-state index in [4.69, 9.17) is 23.8 Å². The number of halogens is 1. The van der Waals surface area contributed by atoms with Gasteiger partial charge in [0.05, 0.1) is 16.9 Å².